The fraction of sp³-hybridized carbons (Fsp3) is 0.207. The van der Waals surface area contributed by atoms with E-state index in [1.807, 2.05) is 66.7 Å². The average molecular weight is 531 g/mol. The number of nitrogens with one attached hydrogen (secondary N) is 1. The van der Waals surface area contributed by atoms with Crippen LogP contribution in [-0.4, -0.2) is 53.9 Å². The van der Waals surface area contributed by atoms with Crippen molar-refractivity contribution in [2.45, 2.75) is 23.6 Å². The lowest BCUT2D eigenvalue weighted by Crippen LogP contribution is -2.74. The second-order valence-corrected chi connectivity index (χ2v) is 9.68. The van der Waals surface area contributed by atoms with Crippen LogP contribution in [0.2, 0.25) is 0 Å². The zero-order valence-corrected chi connectivity index (χ0v) is 21.4. The topological polar surface area (TPSA) is 94.2 Å². The van der Waals surface area contributed by atoms with Crippen LogP contribution < -0.4 is 10.1 Å². The monoisotopic (exact) mass is 530 g/mol. The zero-order chi connectivity index (χ0) is 26.5. The average Bonchev–Trinajstić information content (AvgIpc) is 2.98. The van der Waals surface area contributed by atoms with Gasteiger partial charge in [0.15, 0.2) is 18.8 Å². The summed E-state index contributed by atoms with van der Waals surface area (Å²) >= 11 is 1.30. The van der Waals surface area contributed by atoms with Gasteiger partial charge in [-0.1, -0.05) is 78.9 Å². The molecule has 0 aliphatic carbocycles. The zero-order valence-electron chi connectivity index (χ0n) is 20.6. The first kappa shape index (κ1) is 25.4. The molecule has 194 valence electrons. The van der Waals surface area contributed by atoms with Crippen molar-refractivity contribution in [3.8, 4) is 5.75 Å². The number of benzene rings is 3. The number of amides is 2. The predicted molar refractivity (Wildman–Crippen MR) is 142 cm³/mol. The Hall–Kier alpha value is -4.24. The van der Waals surface area contributed by atoms with Gasteiger partial charge in [-0.15, -0.1) is 11.8 Å². The molecule has 2 aliphatic heterocycles. The van der Waals surface area contributed by atoms with Crippen LogP contribution in [0, 0.1) is 0 Å². The van der Waals surface area contributed by atoms with E-state index in [-0.39, 0.29) is 6.61 Å². The van der Waals surface area contributed by atoms with E-state index in [0.717, 1.165) is 11.1 Å². The summed E-state index contributed by atoms with van der Waals surface area (Å²) in [5.41, 5.74) is 1.60. The maximum atomic E-state index is 13.6. The first-order chi connectivity index (χ1) is 18.6. The van der Waals surface area contributed by atoms with Crippen molar-refractivity contribution in [3.63, 3.8) is 0 Å². The summed E-state index contributed by atoms with van der Waals surface area (Å²) in [6, 6.07) is 25.9. The second kappa shape index (κ2) is 11.4. The first-order valence-corrected chi connectivity index (χ1v) is 13.0. The maximum absolute atomic E-state index is 13.6. The fourth-order valence-corrected chi connectivity index (χ4v) is 5.61. The molecule has 5 rings (SSSR count). The van der Waals surface area contributed by atoms with Crippen LogP contribution in [0.1, 0.15) is 17.2 Å². The number of carbonyl (C=O) groups is 3. The SMILES string of the molecule is COC1=CS[C@@H]2[C@H](NC(=O)COc3ccccc3)C(=O)N2[C@H]1C(=O)OC(c1ccccc1)c1ccccc1. The van der Waals surface area contributed by atoms with Crippen LogP contribution in [0.15, 0.2) is 102 Å². The van der Waals surface area contributed by atoms with Crippen LogP contribution in [0.3, 0.4) is 0 Å². The number of hydrogen-bond donors (Lipinski definition) is 1. The molecule has 38 heavy (non-hydrogen) atoms. The number of methoxy groups -OCH3 is 1. The molecule has 0 aromatic heterocycles. The quantitative estimate of drug-likeness (QED) is 0.333. The molecule has 1 N–H and O–H groups in total. The van der Waals surface area contributed by atoms with E-state index in [0.29, 0.717) is 11.5 Å². The summed E-state index contributed by atoms with van der Waals surface area (Å²) in [6.45, 7) is -0.231. The summed E-state index contributed by atoms with van der Waals surface area (Å²) in [7, 11) is 1.45. The molecule has 0 saturated carbocycles. The number of fused-ring (bicyclic) bond motifs is 1. The largest absolute Gasteiger partial charge is 0.498 e. The molecule has 8 nitrogen and oxygen atoms in total. The number of rotatable bonds is 9. The molecule has 3 atom stereocenters. The van der Waals surface area contributed by atoms with E-state index < -0.39 is 41.3 Å². The molecular weight excluding hydrogens is 504 g/mol. The highest BCUT2D eigenvalue weighted by atomic mass is 32.2. The van der Waals surface area contributed by atoms with Gasteiger partial charge in [0.2, 0.25) is 5.91 Å². The maximum Gasteiger partial charge on any atom is 0.337 e. The Balaban J connectivity index is 1.30. The molecule has 0 bridgehead atoms. The number of β-lactam (4-membered cyclic amide) rings is 1. The third-order valence-corrected chi connectivity index (χ3v) is 7.42. The summed E-state index contributed by atoms with van der Waals surface area (Å²) in [5.74, 6) is -0.580. The number of para-hydroxylation sites is 1. The highest BCUT2D eigenvalue weighted by molar-refractivity contribution is 8.02. The van der Waals surface area contributed by atoms with Gasteiger partial charge in [0.1, 0.15) is 22.9 Å². The molecule has 9 heteroatoms. The van der Waals surface area contributed by atoms with Crippen LogP contribution in [0.5, 0.6) is 5.75 Å². The van der Waals surface area contributed by atoms with Crippen LogP contribution in [0.25, 0.3) is 0 Å². The molecule has 0 radical (unpaired) electrons. The van der Waals surface area contributed by atoms with Gasteiger partial charge >= 0.3 is 5.97 Å². The van der Waals surface area contributed by atoms with Gasteiger partial charge in [-0.2, -0.15) is 0 Å². The number of thioether (sulfide) groups is 1. The number of carbonyl (C=O) groups excluding carboxylic acids is 3. The third-order valence-electron chi connectivity index (χ3n) is 6.28. The van der Waals surface area contributed by atoms with E-state index in [1.165, 1.54) is 23.8 Å². The molecule has 1 saturated heterocycles. The molecule has 3 aromatic rings. The van der Waals surface area contributed by atoms with Gasteiger partial charge in [-0.05, 0) is 23.3 Å². The number of esters is 1. The van der Waals surface area contributed by atoms with Crippen molar-refractivity contribution in [2.24, 2.45) is 0 Å². The van der Waals surface area contributed by atoms with E-state index in [1.54, 1.807) is 29.7 Å². The minimum absolute atomic E-state index is 0.231. The Bertz CT molecular complexity index is 1280. The number of ether oxygens (including phenoxy) is 3. The summed E-state index contributed by atoms with van der Waals surface area (Å²) in [4.78, 5) is 40.7. The lowest BCUT2D eigenvalue weighted by Gasteiger charge is -2.51. The Morgan fingerprint density at radius 3 is 2.08 bits per heavy atom. The lowest BCUT2D eigenvalue weighted by molar-refractivity contribution is -0.167. The number of hydrogen-bond acceptors (Lipinski definition) is 7. The minimum atomic E-state index is -1.07. The molecule has 0 spiro atoms. The number of nitrogens with zero attached hydrogens (tertiary/aromatic N) is 1. The van der Waals surface area contributed by atoms with Crippen molar-refractivity contribution >= 4 is 29.5 Å². The molecule has 2 heterocycles. The van der Waals surface area contributed by atoms with Gasteiger partial charge in [0, 0.05) is 5.41 Å². The van der Waals surface area contributed by atoms with E-state index in [4.69, 9.17) is 14.2 Å². The Labute approximate surface area is 224 Å². The predicted octanol–water partition coefficient (Wildman–Crippen LogP) is 3.65. The van der Waals surface area contributed by atoms with Crippen LogP contribution >= 0.6 is 11.8 Å². The van der Waals surface area contributed by atoms with E-state index >= 15 is 0 Å². The third kappa shape index (κ3) is 5.24. The fourth-order valence-electron chi connectivity index (χ4n) is 4.41. The lowest BCUT2D eigenvalue weighted by atomic mass is 10.00. The van der Waals surface area contributed by atoms with Crippen molar-refractivity contribution < 1.29 is 28.6 Å². The van der Waals surface area contributed by atoms with Crippen LogP contribution in [-0.2, 0) is 23.9 Å². The Morgan fingerprint density at radius 1 is 0.921 bits per heavy atom. The van der Waals surface area contributed by atoms with Crippen LogP contribution in [0.4, 0.5) is 0 Å². The van der Waals surface area contributed by atoms with Crippen molar-refractivity contribution in [1.29, 1.82) is 0 Å². The molecule has 2 amide bonds. The molecular formula is C29H26N2O6S. The van der Waals surface area contributed by atoms with Crippen molar-refractivity contribution in [2.75, 3.05) is 13.7 Å². The van der Waals surface area contributed by atoms with Gasteiger partial charge < -0.3 is 24.4 Å². The van der Waals surface area contributed by atoms with Crippen molar-refractivity contribution in [1.82, 2.24) is 10.2 Å². The normalized spacial score (nSPS) is 20.1. The highest BCUT2D eigenvalue weighted by Gasteiger charge is 2.57. The van der Waals surface area contributed by atoms with E-state index in [9.17, 15) is 14.4 Å². The smallest absolute Gasteiger partial charge is 0.337 e. The highest BCUT2D eigenvalue weighted by Crippen LogP contribution is 2.41. The van der Waals surface area contributed by atoms with Crippen molar-refractivity contribution in [3.05, 3.63) is 113 Å². The van der Waals surface area contributed by atoms with Gasteiger partial charge in [-0.3, -0.25) is 9.59 Å². The van der Waals surface area contributed by atoms with E-state index in [2.05, 4.69) is 5.32 Å². The van der Waals surface area contributed by atoms with Gasteiger partial charge in [-0.25, -0.2) is 4.79 Å². The molecule has 0 unspecified atom stereocenters. The summed E-state index contributed by atoms with van der Waals surface area (Å²) in [5, 5.41) is 3.94. The molecule has 3 aromatic carbocycles. The second-order valence-electron chi connectivity index (χ2n) is 8.68. The Morgan fingerprint density at radius 2 is 1.50 bits per heavy atom. The standard InChI is InChI=1S/C29H26N2O6S/c1-35-22-18-38-28-24(30-23(32)17-36-21-15-9-4-10-16-21)27(33)31(28)25(22)29(34)37-26(19-11-5-2-6-12-19)20-13-7-3-8-14-20/h2-16,18,24-26,28H,17H2,1H3,(H,30,32)/t24-,25-,28-/m1/s1. The molecule has 2 aliphatic rings. The molecule has 1 fully saturated rings. The minimum Gasteiger partial charge on any atom is -0.498 e. The first-order valence-electron chi connectivity index (χ1n) is 12.1. The van der Waals surface area contributed by atoms with Gasteiger partial charge in [0.05, 0.1) is 7.11 Å². The summed E-state index contributed by atoms with van der Waals surface area (Å²) in [6.07, 6.45) is -0.668. The van der Waals surface area contributed by atoms with Gasteiger partial charge in [0.25, 0.3) is 5.91 Å². The Kier molecular flexibility index (Phi) is 7.65. The summed E-state index contributed by atoms with van der Waals surface area (Å²) < 4.78 is 17.0.